The third-order valence-electron chi connectivity index (χ3n) is 4.27. The van der Waals surface area contributed by atoms with Crippen LogP contribution < -0.4 is 5.32 Å². The maximum Gasteiger partial charge on any atom is 0.230 e. The molecule has 0 fully saturated rings. The predicted octanol–water partition coefficient (Wildman–Crippen LogP) is 4.21. The molecule has 27 heavy (non-hydrogen) atoms. The van der Waals surface area contributed by atoms with Crippen LogP contribution in [0, 0.1) is 5.82 Å². The maximum absolute atomic E-state index is 12.9. The highest BCUT2D eigenvalue weighted by Gasteiger charge is 2.08. The van der Waals surface area contributed by atoms with E-state index >= 15 is 0 Å². The zero-order chi connectivity index (χ0) is 18.9. The Kier molecular flexibility index (Phi) is 7.21. The summed E-state index contributed by atoms with van der Waals surface area (Å²) in [7, 11) is 0. The fourth-order valence-electron chi connectivity index (χ4n) is 2.82. The predicted molar refractivity (Wildman–Crippen MR) is 107 cm³/mol. The molecule has 0 saturated carbocycles. The van der Waals surface area contributed by atoms with E-state index in [1.807, 2.05) is 6.08 Å². The number of aromatic nitrogens is 3. The van der Waals surface area contributed by atoms with Gasteiger partial charge in [0.1, 0.15) is 11.6 Å². The van der Waals surface area contributed by atoms with Gasteiger partial charge in [0.25, 0.3) is 0 Å². The Hall–Kier alpha value is -2.41. The number of benzene rings is 1. The van der Waals surface area contributed by atoms with Gasteiger partial charge in [-0.25, -0.2) is 9.37 Å². The second-order valence-electron chi connectivity index (χ2n) is 6.38. The van der Waals surface area contributed by atoms with Crippen molar-refractivity contribution in [3.05, 3.63) is 53.1 Å². The molecule has 1 aliphatic rings. The third-order valence-corrected chi connectivity index (χ3v) is 5.12. The lowest BCUT2D eigenvalue weighted by atomic mass is 9.97. The van der Waals surface area contributed by atoms with Crippen LogP contribution in [0.1, 0.15) is 43.5 Å². The molecule has 1 heterocycles. The van der Waals surface area contributed by atoms with Crippen LogP contribution in [0.5, 0.6) is 0 Å². The monoisotopic (exact) mass is 386 g/mol. The third kappa shape index (κ3) is 6.67. The van der Waals surface area contributed by atoms with Crippen LogP contribution in [0.15, 0.2) is 41.1 Å². The van der Waals surface area contributed by atoms with Gasteiger partial charge < -0.3 is 5.32 Å². The number of carbonyl (C=O) groups is 1. The van der Waals surface area contributed by atoms with Gasteiger partial charge in [-0.3, -0.25) is 9.89 Å². The van der Waals surface area contributed by atoms with Crippen molar-refractivity contribution >= 4 is 29.8 Å². The lowest BCUT2D eigenvalue weighted by molar-refractivity contribution is -0.118. The second-order valence-corrected chi connectivity index (χ2v) is 7.33. The number of carbonyl (C=O) groups excluding carboxylic acids is 1. The molecule has 0 radical (unpaired) electrons. The van der Waals surface area contributed by atoms with E-state index in [0.717, 1.165) is 18.4 Å². The molecule has 0 aliphatic heterocycles. The first-order valence-corrected chi connectivity index (χ1v) is 10.1. The van der Waals surface area contributed by atoms with Crippen molar-refractivity contribution in [1.82, 2.24) is 20.5 Å². The largest absolute Gasteiger partial charge is 0.355 e. The highest BCUT2D eigenvalue weighted by molar-refractivity contribution is 7.99. The Labute approximate surface area is 162 Å². The molecule has 0 atom stereocenters. The van der Waals surface area contributed by atoms with Crippen LogP contribution in [0.4, 0.5) is 4.39 Å². The first kappa shape index (κ1) is 19.4. The van der Waals surface area contributed by atoms with Crippen LogP contribution >= 0.6 is 11.8 Å². The molecule has 0 bridgehead atoms. The standard InChI is InChI=1S/C20H23FN4OS/c21-17-9-6-16(7-10-17)8-11-18-23-20(25-24-18)27-14-19(26)22-13-12-15-4-2-1-3-5-15/h4,6-11H,1-3,5,12-14H2,(H,22,26)(H,23,24,25). The number of nitrogens with one attached hydrogen (secondary N) is 2. The van der Waals surface area contributed by atoms with Crippen molar-refractivity contribution < 1.29 is 9.18 Å². The minimum absolute atomic E-state index is 0.00962. The van der Waals surface area contributed by atoms with Gasteiger partial charge in [0.15, 0.2) is 0 Å². The zero-order valence-electron chi connectivity index (χ0n) is 15.1. The topological polar surface area (TPSA) is 70.7 Å². The summed E-state index contributed by atoms with van der Waals surface area (Å²) in [5.41, 5.74) is 2.33. The van der Waals surface area contributed by atoms with Gasteiger partial charge in [0, 0.05) is 6.54 Å². The van der Waals surface area contributed by atoms with E-state index < -0.39 is 0 Å². The van der Waals surface area contributed by atoms with Gasteiger partial charge in [-0.1, -0.05) is 41.6 Å². The lowest BCUT2D eigenvalue weighted by Crippen LogP contribution is -2.26. The minimum atomic E-state index is -0.265. The van der Waals surface area contributed by atoms with Crippen LogP contribution in [-0.2, 0) is 4.79 Å². The molecule has 0 unspecified atom stereocenters. The minimum Gasteiger partial charge on any atom is -0.355 e. The SMILES string of the molecule is O=C(CSc1n[nH]c(C=Cc2ccc(F)cc2)n1)NCCC1=CCCCC1. The zero-order valence-corrected chi connectivity index (χ0v) is 15.9. The molecule has 1 amide bonds. The van der Waals surface area contributed by atoms with Crippen LogP contribution in [0.3, 0.4) is 0 Å². The number of H-pyrrole nitrogens is 1. The van der Waals surface area contributed by atoms with E-state index in [0.29, 0.717) is 17.5 Å². The number of hydrogen-bond donors (Lipinski definition) is 2. The summed E-state index contributed by atoms with van der Waals surface area (Å²) < 4.78 is 12.9. The quantitative estimate of drug-likeness (QED) is 0.527. The van der Waals surface area contributed by atoms with Crippen molar-refractivity contribution in [1.29, 1.82) is 0 Å². The highest BCUT2D eigenvalue weighted by Crippen LogP contribution is 2.19. The number of allylic oxidation sites excluding steroid dienone is 1. The van der Waals surface area contributed by atoms with Crippen LogP contribution in [0.25, 0.3) is 12.2 Å². The maximum atomic E-state index is 12.9. The van der Waals surface area contributed by atoms with Crippen molar-refractivity contribution in [2.75, 3.05) is 12.3 Å². The summed E-state index contributed by atoms with van der Waals surface area (Å²) in [4.78, 5) is 16.3. The van der Waals surface area contributed by atoms with Crippen molar-refractivity contribution in [2.45, 2.75) is 37.3 Å². The molecule has 1 aromatic heterocycles. The molecule has 5 nitrogen and oxygen atoms in total. The van der Waals surface area contributed by atoms with Gasteiger partial charge in [-0.05, 0) is 55.9 Å². The molecule has 142 valence electrons. The van der Waals surface area contributed by atoms with Crippen molar-refractivity contribution in [2.24, 2.45) is 0 Å². The molecule has 1 aromatic carbocycles. The van der Waals surface area contributed by atoms with E-state index in [1.165, 1.54) is 48.7 Å². The molecular formula is C20H23FN4OS. The number of thioether (sulfide) groups is 1. The summed E-state index contributed by atoms with van der Waals surface area (Å²) >= 11 is 1.30. The summed E-state index contributed by atoms with van der Waals surface area (Å²) in [6, 6.07) is 6.19. The molecule has 2 N–H and O–H groups in total. The van der Waals surface area contributed by atoms with Gasteiger partial charge in [-0.15, -0.1) is 5.10 Å². The number of nitrogens with zero attached hydrogens (tertiary/aromatic N) is 2. The molecule has 0 spiro atoms. The average Bonchev–Trinajstić information content (AvgIpc) is 3.15. The van der Waals surface area contributed by atoms with Crippen molar-refractivity contribution in [3.63, 3.8) is 0 Å². The molecule has 0 saturated heterocycles. The highest BCUT2D eigenvalue weighted by atomic mass is 32.2. The summed E-state index contributed by atoms with van der Waals surface area (Å²) in [6.45, 7) is 0.685. The number of halogens is 1. The first-order valence-electron chi connectivity index (χ1n) is 9.12. The van der Waals surface area contributed by atoms with E-state index in [9.17, 15) is 9.18 Å². The van der Waals surface area contributed by atoms with Crippen LogP contribution in [0.2, 0.25) is 0 Å². The van der Waals surface area contributed by atoms with E-state index in [-0.39, 0.29) is 17.5 Å². The first-order chi connectivity index (χ1) is 13.2. The fraction of sp³-hybridized carbons (Fsp3) is 0.350. The molecule has 1 aliphatic carbocycles. The second kappa shape index (κ2) is 10.1. The molecule has 3 rings (SSSR count). The Balaban J connectivity index is 1.39. The summed E-state index contributed by atoms with van der Waals surface area (Å²) in [5, 5.41) is 10.4. The summed E-state index contributed by atoms with van der Waals surface area (Å²) in [5.74, 6) is 0.605. The fourth-order valence-corrected chi connectivity index (χ4v) is 3.46. The Morgan fingerprint density at radius 3 is 2.89 bits per heavy atom. The van der Waals surface area contributed by atoms with E-state index in [4.69, 9.17) is 0 Å². The number of hydrogen-bond acceptors (Lipinski definition) is 4. The van der Waals surface area contributed by atoms with Gasteiger partial charge in [-0.2, -0.15) is 0 Å². The summed E-state index contributed by atoms with van der Waals surface area (Å²) in [6.07, 6.45) is 11.7. The van der Waals surface area contributed by atoms with Crippen molar-refractivity contribution in [3.8, 4) is 0 Å². The Bertz CT molecular complexity index is 814. The molecule has 2 aromatic rings. The van der Waals surface area contributed by atoms with Gasteiger partial charge in [0.2, 0.25) is 11.1 Å². The number of amides is 1. The normalized spacial score (nSPS) is 14.3. The van der Waals surface area contributed by atoms with Gasteiger partial charge >= 0.3 is 0 Å². The number of aromatic amines is 1. The number of rotatable bonds is 8. The average molecular weight is 386 g/mol. The lowest BCUT2D eigenvalue weighted by Gasteiger charge is -2.12. The van der Waals surface area contributed by atoms with Gasteiger partial charge in [0.05, 0.1) is 5.75 Å². The van der Waals surface area contributed by atoms with Crippen LogP contribution in [-0.4, -0.2) is 33.4 Å². The van der Waals surface area contributed by atoms with E-state index in [1.54, 1.807) is 18.2 Å². The molecule has 7 heteroatoms. The smallest absolute Gasteiger partial charge is 0.230 e. The Morgan fingerprint density at radius 2 is 2.11 bits per heavy atom. The van der Waals surface area contributed by atoms with E-state index in [2.05, 4.69) is 26.6 Å². The molecular weight excluding hydrogens is 363 g/mol. The Morgan fingerprint density at radius 1 is 1.26 bits per heavy atom.